The van der Waals surface area contributed by atoms with Crippen molar-refractivity contribution in [3.63, 3.8) is 0 Å². The molecule has 0 atom stereocenters. The molecule has 15 heavy (non-hydrogen) atoms. The molecule has 1 aromatic heterocycles. The Morgan fingerprint density at radius 2 is 2.07 bits per heavy atom. The molecule has 0 saturated carbocycles. The molecule has 0 fully saturated rings. The Bertz CT molecular complexity index is 501. The number of rotatable bonds is 2. The summed E-state index contributed by atoms with van der Waals surface area (Å²) in [6.07, 6.45) is 0.647. The van der Waals surface area contributed by atoms with Gasteiger partial charge in [-0.1, -0.05) is 27.5 Å². The molecule has 0 spiro atoms. The molecular weight excluding hydrogens is 277 g/mol. The first kappa shape index (κ1) is 10.8. The van der Waals surface area contributed by atoms with Crippen LogP contribution in [0.2, 0.25) is 5.15 Å². The summed E-state index contributed by atoms with van der Waals surface area (Å²) in [7, 11) is 0. The molecule has 2 rings (SSSR count). The van der Waals surface area contributed by atoms with Gasteiger partial charge in [0.05, 0.1) is 16.7 Å². The van der Waals surface area contributed by atoms with Crippen LogP contribution in [0.3, 0.4) is 0 Å². The Kier molecular flexibility index (Phi) is 3.19. The van der Waals surface area contributed by atoms with Crippen LogP contribution >= 0.6 is 27.5 Å². The molecule has 2 N–H and O–H groups in total. The summed E-state index contributed by atoms with van der Waals surface area (Å²) < 4.78 is 0.977. The number of nitrogens with two attached hydrogens (primary N) is 1. The SMILES string of the molecule is NCCc1nc2cc(Br)ccc2nc1Cl. The van der Waals surface area contributed by atoms with Crippen molar-refractivity contribution >= 4 is 38.6 Å². The largest absolute Gasteiger partial charge is 0.330 e. The Labute approximate surface area is 101 Å². The second-order valence-corrected chi connectivity index (χ2v) is 4.41. The number of hydrogen-bond donors (Lipinski definition) is 1. The average molecular weight is 287 g/mol. The van der Waals surface area contributed by atoms with E-state index < -0.39 is 0 Å². The molecular formula is C10H9BrClN3. The predicted molar refractivity (Wildman–Crippen MR) is 65.0 cm³/mol. The van der Waals surface area contributed by atoms with Crippen molar-refractivity contribution in [2.75, 3.05) is 6.54 Å². The van der Waals surface area contributed by atoms with Crippen LogP contribution in [0.15, 0.2) is 22.7 Å². The monoisotopic (exact) mass is 285 g/mol. The van der Waals surface area contributed by atoms with Gasteiger partial charge in [0.15, 0.2) is 5.15 Å². The third kappa shape index (κ3) is 2.27. The molecule has 2 aromatic rings. The molecule has 78 valence electrons. The highest BCUT2D eigenvalue weighted by molar-refractivity contribution is 9.10. The average Bonchev–Trinajstić information content (AvgIpc) is 2.20. The van der Waals surface area contributed by atoms with Gasteiger partial charge >= 0.3 is 0 Å². The topological polar surface area (TPSA) is 51.8 Å². The maximum atomic E-state index is 5.98. The van der Waals surface area contributed by atoms with Crippen molar-refractivity contribution in [3.05, 3.63) is 33.5 Å². The van der Waals surface area contributed by atoms with Crippen LogP contribution in [-0.4, -0.2) is 16.5 Å². The first-order chi connectivity index (χ1) is 7.20. The van der Waals surface area contributed by atoms with Crippen LogP contribution in [0.4, 0.5) is 0 Å². The molecule has 0 unspecified atom stereocenters. The molecule has 5 heteroatoms. The third-order valence-electron chi connectivity index (χ3n) is 2.03. The van der Waals surface area contributed by atoms with Gasteiger partial charge in [0.25, 0.3) is 0 Å². The van der Waals surface area contributed by atoms with Gasteiger partial charge in [0, 0.05) is 10.9 Å². The normalized spacial score (nSPS) is 10.9. The first-order valence-corrected chi connectivity index (χ1v) is 5.69. The molecule has 1 aromatic carbocycles. The molecule has 0 amide bonds. The minimum absolute atomic E-state index is 0.440. The molecule has 0 bridgehead atoms. The van der Waals surface area contributed by atoms with E-state index in [-0.39, 0.29) is 0 Å². The minimum atomic E-state index is 0.440. The van der Waals surface area contributed by atoms with E-state index in [1.807, 2.05) is 18.2 Å². The summed E-state index contributed by atoms with van der Waals surface area (Å²) in [4.78, 5) is 8.68. The van der Waals surface area contributed by atoms with Gasteiger partial charge in [-0.3, -0.25) is 0 Å². The second-order valence-electron chi connectivity index (χ2n) is 3.13. The minimum Gasteiger partial charge on any atom is -0.330 e. The van der Waals surface area contributed by atoms with Crippen LogP contribution in [0.1, 0.15) is 5.69 Å². The van der Waals surface area contributed by atoms with Gasteiger partial charge in [0.1, 0.15) is 0 Å². The maximum Gasteiger partial charge on any atom is 0.151 e. The standard InChI is InChI=1S/C10H9BrClN3/c11-6-1-2-7-9(5-6)14-8(3-4-13)10(12)15-7/h1-2,5H,3-4,13H2. The molecule has 0 aliphatic heterocycles. The molecule has 1 heterocycles. The van der Waals surface area contributed by atoms with Gasteiger partial charge in [-0.05, 0) is 24.7 Å². The van der Waals surface area contributed by atoms with Crippen LogP contribution < -0.4 is 5.73 Å². The van der Waals surface area contributed by atoms with Gasteiger partial charge in [-0.2, -0.15) is 0 Å². The molecule has 0 aliphatic carbocycles. The number of aromatic nitrogens is 2. The zero-order valence-corrected chi connectivity index (χ0v) is 10.2. The highest BCUT2D eigenvalue weighted by Crippen LogP contribution is 2.20. The highest BCUT2D eigenvalue weighted by Gasteiger charge is 2.06. The van der Waals surface area contributed by atoms with Gasteiger partial charge in [-0.25, -0.2) is 9.97 Å². The Morgan fingerprint density at radius 1 is 1.27 bits per heavy atom. The summed E-state index contributed by atoms with van der Waals surface area (Å²) >= 11 is 9.37. The smallest absolute Gasteiger partial charge is 0.151 e. The summed E-state index contributed by atoms with van der Waals surface area (Å²) in [5, 5.41) is 0.440. The quantitative estimate of drug-likeness (QED) is 0.923. The van der Waals surface area contributed by atoms with E-state index in [0.717, 1.165) is 21.2 Å². The van der Waals surface area contributed by atoms with Crippen molar-refractivity contribution in [2.45, 2.75) is 6.42 Å². The lowest BCUT2D eigenvalue weighted by molar-refractivity contribution is 0.922. The number of nitrogens with zero attached hydrogens (tertiary/aromatic N) is 2. The lowest BCUT2D eigenvalue weighted by Gasteiger charge is -2.03. The fourth-order valence-corrected chi connectivity index (χ4v) is 1.92. The summed E-state index contributed by atoms with van der Waals surface area (Å²) in [6.45, 7) is 0.522. The molecule has 0 aliphatic rings. The predicted octanol–water partition coefficient (Wildman–Crippen LogP) is 2.55. The Morgan fingerprint density at radius 3 is 2.80 bits per heavy atom. The lowest BCUT2D eigenvalue weighted by atomic mass is 10.2. The summed E-state index contributed by atoms with van der Waals surface area (Å²) in [5.74, 6) is 0. The van der Waals surface area contributed by atoms with Crippen molar-refractivity contribution in [1.29, 1.82) is 0 Å². The van der Waals surface area contributed by atoms with Crippen LogP contribution in [-0.2, 0) is 6.42 Å². The fraction of sp³-hybridized carbons (Fsp3) is 0.200. The number of benzene rings is 1. The Hall–Kier alpha value is -0.710. The number of hydrogen-bond acceptors (Lipinski definition) is 3. The highest BCUT2D eigenvalue weighted by atomic mass is 79.9. The van der Waals surface area contributed by atoms with E-state index in [1.165, 1.54) is 0 Å². The van der Waals surface area contributed by atoms with Crippen LogP contribution in [0, 0.1) is 0 Å². The molecule has 0 radical (unpaired) electrons. The van der Waals surface area contributed by atoms with E-state index >= 15 is 0 Å². The summed E-state index contributed by atoms with van der Waals surface area (Å²) in [5.41, 5.74) is 7.85. The fourth-order valence-electron chi connectivity index (χ4n) is 1.34. The Balaban J connectivity index is 2.61. The van der Waals surface area contributed by atoms with Gasteiger partial charge in [0.2, 0.25) is 0 Å². The maximum absolute atomic E-state index is 5.98. The summed E-state index contributed by atoms with van der Waals surface area (Å²) in [6, 6.07) is 5.71. The van der Waals surface area contributed by atoms with Crippen LogP contribution in [0.25, 0.3) is 11.0 Å². The van der Waals surface area contributed by atoms with Gasteiger partial charge in [-0.15, -0.1) is 0 Å². The zero-order valence-electron chi connectivity index (χ0n) is 7.87. The molecule has 0 saturated heterocycles. The zero-order chi connectivity index (χ0) is 10.8. The van der Waals surface area contributed by atoms with Crippen LogP contribution in [0.5, 0.6) is 0 Å². The second kappa shape index (κ2) is 4.43. The first-order valence-electron chi connectivity index (χ1n) is 4.52. The van der Waals surface area contributed by atoms with E-state index in [2.05, 4.69) is 25.9 Å². The third-order valence-corrected chi connectivity index (χ3v) is 2.83. The van der Waals surface area contributed by atoms with E-state index in [1.54, 1.807) is 0 Å². The lowest BCUT2D eigenvalue weighted by Crippen LogP contribution is -2.06. The van der Waals surface area contributed by atoms with E-state index in [9.17, 15) is 0 Å². The van der Waals surface area contributed by atoms with E-state index in [0.29, 0.717) is 18.1 Å². The van der Waals surface area contributed by atoms with E-state index in [4.69, 9.17) is 17.3 Å². The molecule has 3 nitrogen and oxygen atoms in total. The van der Waals surface area contributed by atoms with Crippen molar-refractivity contribution in [3.8, 4) is 0 Å². The van der Waals surface area contributed by atoms with Crippen molar-refractivity contribution in [1.82, 2.24) is 9.97 Å². The number of halogens is 2. The van der Waals surface area contributed by atoms with Gasteiger partial charge < -0.3 is 5.73 Å². The van der Waals surface area contributed by atoms with Crippen molar-refractivity contribution < 1.29 is 0 Å². The van der Waals surface area contributed by atoms with Crippen molar-refractivity contribution in [2.24, 2.45) is 5.73 Å². The number of fused-ring (bicyclic) bond motifs is 1.